The smallest absolute Gasteiger partial charge is 0.407 e. The first-order valence-corrected chi connectivity index (χ1v) is 5.08. The fraction of sp³-hybridized carbons (Fsp3) is 0.400. The summed E-state index contributed by atoms with van der Waals surface area (Å²) in [6.45, 7) is 2.76. The predicted molar refractivity (Wildman–Crippen MR) is 56.1 cm³/mol. The molecule has 1 N–H and O–H groups in total. The van der Waals surface area contributed by atoms with E-state index in [0.717, 1.165) is 16.8 Å². The Morgan fingerprint density at radius 3 is 3.07 bits per heavy atom. The fourth-order valence-electron chi connectivity index (χ4n) is 1.80. The number of hydrogen-bond acceptors (Lipinski definition) is 2. The summed E-state index contributed by atoms with van der Waals surface area (Å²) >= 11 is 5.99. The molecule has 1 aromatic rings. The molecule has 2 rings (SSSR count). The van der Waals surface area contributed by atoms with Gasteiger partial charge in [0.1, 0.15) is 5.15 Å². The molecule has 0 spiro atoms. The van der Waals surface area contributed by atoms with Crippen molar-refractivity contribution in [3.8, 4) is 0 Å². The van der Waals surface area contributed by atoms with Crippen LogP contribution in [0.2, 0.25) is 5.15 Å². The number of hydrogen-bond donors (Lipinski definition) is 1. The zero-order chi connectivity index (χ0) is 11.0. The van der Waals surface area contributed by atoms with E-state index < -0.39 is 6.09 Å². The summed E-state index contributed by atoms with van der Waals surface area (Å²) in [5.41, 5.74) is 2.84. The second kappa shape index (κ2) is 3.70. The third-order valence-corrected chi connectivity index (χ3v) is 2.88. The van der Waals surface area contributed by atoms with E-state index in [2.05, 4.69) is 4.98 Å². The van der Waals surface area contributed by atoms with E-state index in [4.69, 9.17) is 16.7 Å². The quantitative estimate of drug-likeness (QED) is 0.689. The lowest BCUT2D eigenvalue weighted by Gasteiger charge is -2.26. The minimum Gasteiger partial charge on any atom is -0.465 e. The average Bonchev–Trinajstić information content (AvgIpc) is 2.16. The number of nitrogens with zero attached hydrogens (tertiary/aromatic N) is 2. The Bertz CT molecular complexity index is 420. The van der Waals surface area contributed by atoms with Crippen LogP contribution in [-0.4, -0.2) is 27.6 Å². The lowest BCUT2D eigenvalue weighted by Crippen LogP contribution is -2.35. The molecule has 0 aliphatic carbocycles. The van der Waals surface area contributed by atoms with E-state index in [1.54, 1.807) is 0 Å². The summed E-state index contributed by atoms with van der Waals surface area (Å²) in [5, 5.41) is 9.30. The molecule has 0 unspecified atom stereocenters. The van der Waals surface area contributed by atoms with E-state index in [0.29, 0.717) is 24.7 Å². The maximum atomic E-state index is 10.8. The van der Waals surface area contributed by atoms with Crippen LogP contribution in [0.25, 0.3) is 0 Å². The van der Waals surface area contributed by atoms with Gasteiger partial charge < -0.3 is 10.0 Å². The molecule has 1 aliphatic rings. The predicted octanol–water partition coefficient (Wildman–Crippen LogP) is 2.08. The fourth-order valence-corrected chi connectivity index (χ4v) is 2.12. The van der Waals surface area contributed by atoms with Crippen molar-refractivity contribution in [3.05, 3.63) is 28.0 Å². The molecule has 0 radical (unpaired) electrons. The molecular weight excluding hydrogens is 216 g/mol. The number of rotatable bonds is 0. The van der Waals surface area contributed by atoms with Gasteiger partial charge in [-0.15, -0.1) is 0 Å². The molecule has 1 amide bonds. The highest BCUT2D eigenvalue weighted by atomic mass is 35.5. The third kappa shape index (κ3) is 1.90. The van der Waals surface area contributed by atoms with Gasteiger partial charge in [-0.05, 0) is 25.0 Å². The number of amides is 1. The summed E-state index contributed by atoms with van der Waals surface area (Å²) in [6.07, 6.45) is -0.192. The zero-order valence-corrected chi connectivity index (χ0v) is 9.08. The standard InChI is InChI=1S/C10H11ClN2O2/c1-6-4-7-2-3-13(10(14)15)5-8(7)9(11)12-6/h4H,2-3,5H2,1H3,(H,14,15). The van der Waals surface area contributed by atoms with Gasteiger partial charge >= 0.3 is 6.09 Å². The summed E-state index contributed by atoms with van der Waals surface area (Å²) in [7, 11) is 0. The van der Waals surface area contributed by atoms with E-state index >= 15 is 0 Å². The Morgan fingerprint density at radius 2 is 2.40 bits per heavy atom. The van der Waals surface area contributed by atoms with Crippen LogP contribution >= 0.6 is 11.6 Å². The summed E-state index contributed by atoms with van der Waals surface area (Å²) < 4.78 is 0. The molecule has 4 nitrogen and oxygen atoms in total. The van der Waals surface area contributed by atoms with E-state index in [1.807, 2.05) is 13.0 Å². The van der Waals surface area contributed by atoms with Gasteiger partial charge in [-0.1, -0.05) is 11.6 Å². The lowest BCUT2D eigenvalue weighted by atomic mass is 10.0. The largest absolute Gasteiger partial charge is 0.465 e. The Hall–Kier alpha value is -1.29. The van der Waals surface area contributed by atoms with Gasteiger partial charge in [-0.2, -0.15) is 0 Å². The van der Waals surface area contributed by atoms with E-state index in [9.17, 15) is 4.79 Å². The molecular formula is C10H11ClN2O2. The first-order valence-electron chi connectivity index (χ1n) is 4.70. The van der Waals surface area contributed by atoms with Gasteiger partial charge in [0.2, 0.25) is 0 Å². The van der Waals surface area contributed by atoms with Crippen LogP contribution in [0.5, 0.6) is 0 Å². The molecule has 0 aromatic carbocycles. The lowest BCUT2D eigenvalue weighted by molar-refractivity contribution is 0.140. The van der Waals surface area contributed by atoms with Crippen LogP contribution in [0.1, 0.15) is 16.8 Å². The second-order valence-corrected chi connectivity index (χ2v) is 4.00. The number of carbonyl (C=O) groups is 1. The van der Waals surface area contributed by atoms with Crippen molar-refractivity contribution in [2.24, 2.45) is 0 Å². The molecule has 0 saturated carbocycles. The van der Waals surface area contributed by atoms with Gasteiger partial charge in [0.25, 0.3) is 0 Å². The monoisotopic (exact) mass is 226 g/mol. The van der Waals surface area contributed by atoms with Crippen molar-refractivity contribution >= 4 is 17.7 Å². The maximum Gasteiger partial charge on any atom is 0.407 e. The maximum absolute atomic E-state index is 10.8. The number of carboxylic acid groups (broad SMARTS) is 1. The molecule has 0 bridgehead atoms. The van der Waals surface area contributed by atoms with Crippen LogP contribution in [0, 0.1) is 6.92 Å². The minimum absolute atomic E-state index is 0.344. The minimum atomic E-state index is -0.905. The summed E-state index contributed by atoms with van der Waals surface area (Å²) in [4.78, 5) is 16.3. The highest BCUT2D eigenvalue weighted by Crippen LogP contribution is 2.25. The number of fused-ring (bicyclic) bond motifs is 1. The SMILES string of the molecule is Cc1cc2c(c(Cl)n1)CN(C(=O)O)CC2. The van der Waals surface area contributed by atoms with Crippen LogP contribution in [0.4, 0.5) is 4.79 Å². The number of pyridine rings is 1. The number of halogens is 1. The third-order valence-electron chi connectivity index (χ3n) is 2.56. The Labute approximate surface area is 92.5 Å². The van der Waals surface area contributed by atoms with Gasteiger partial charge in [0.15, 0.2) is 0 Å². The Morgan fingerprint density at radius 1 is 1.67 bits per heavy atom. The van der Waals surface area contributed by atoms with Crippen molar-refractivity contribution < 1.29 is 9.90 Å². The number of aryl methyl sites for hydroxylation is 1. The summed E-state index contributed by atoms with van der Waals surface area (Å²) in [5.74, 6) is 0. The molecule has 80 valence electrons. The molecule has 2 heterocycles. The molecule has 15 heavy (non-hydrogen) atoms. The summed E-state index contributed by atoms with van der Waals surface area (Å²) in [6, 6.07) is 1.97. The van der Waals surface area contributed by atoms with E-state index in [-0.39, 0.29) is 0 Å². The van der Waals surface area contributed by atoms with Crippen LogP contribution < -0.4 is 0 Å². The van der Waals surface area contributed by atoms with Crippen molar-refractivity contribution in [2.45, 2.75) is 19.9 Å². The Kier molecular flexibility index (Phi) is 2.52. The first kappa shape index (κ1) is 10.2. The molecule has 0 atom stereocenters. The molecule has 5 heteroatoms. The van der Waals surface area contributed by atoms with Crippen LogP contribution in [-0.2, 0) is 13.0 Å². The number of aromatic nitrogens is 1. The van der Waals surface area contributed by atoms with E-state index in [1.165, 1.54) is 4.90 Å². The molecule has 1 aliphatic heterocycles. The van der Waals surface area contributed by atoms with Gasteiger partial charge in [0.05, 0.1) is 6.54 Å². The topological polar surface area (TPSA) is 53.4 Å². The van der Waals surface area contributed by atoms with Crippen LogP contribution in [0.15, 0.2) is 6.07 Å². The zero-order valence-electron chi connectivity index (χ0n) is 8.33. The molecule has 0 saturated heterocycles. The van der Waals surface area contributed by atoms with Crippen molar-refractivity contribution in [2.75, 3.05) is 6.54 Å². The second-order valence-electron chi connectivity index (χ2n) is 3.65. The average molecular weight is 227 g/mol. The first-order chi connectivity index (χ1) is 7.08. The normalized spacial score (nSPS) is 14.9. The molecule has 1 aromatic heterocycles. The Balaban J connectivity index is 2.37. The van der Waals surface area contributed by atoms with Gasteiger partial charge in [0, 0.05) is 17.8 Å². The van der Waals surface area contributed by atoms with Crippen molar-refractivity contribution in [1.29, 1.82) is 0 Å². The highest BCUT2D eigenvalue weighted by molar-refractivity contribution is 6.30. The molecule has 0 fully saturated rings. The van der Waals surface area contributed by atoms with Gasteiger partial charge in [-0.3, -0.25) is 0 Å². The van der Waals surface area contributed by atoms with Gasteiger partial charge in [-0.25, -0.2) is 9.78 Å². The van der Waals surface area contributed by atoms with Crippen molar-refractivity contribution in [3.63, 3.8) is 0 Å². The highest BCUT2D eigenvalue weighted by Gasteiger charge is 2.22. The van der Waals surface area contributed by atoms with Crippen LogP contribution in [0.3, 0.4) is 0 Å². The van der Waals surface area contributed by atoms with Crippen molar-refractivity contribution in [1.82, 2.24) is 9.88 Å².